The molecule has 3 rings (SSSR count). The van der Waals surface area contributed by atoms with Crippen molar-refractivity contribution in [2.75, 3.05) is 37.9 Å². The molecule has 1 unspecified atom stereocenters. The average Bonchev–Trinajstić information content (AvgIpc) is 2.95. The highest BCUT2D eigenvalue weighted by atomic mass is 35.5. The normalized spacial score (nSPS) is 12.0. The zero-order valence-corrected chi connectivity index (χ0v) is 26.1. The van der Waals surface area contributed by atoms with E-state index in [4.69, 9.17) is 21.1 Å². The van der Waals surface area contributed by atoms with E-state index in [-0.39, 0.29) is 30.5 Å². The van der Waals surface area contributed by atoms with Crippen molar-refractivity contribution in [3.63, 3.8) is 0 Å². The lowest BCUT2D eigenvalue weighted by Gasteiger charge is -2.33. The molecule has 2 amide bonds. The van der Waals surface area contributed by atoms with Gasteiger partial charge in [-0.05, 0) is 41.3 Å². The fourth-order valence-corrected chi connectivity index (χ4v) is 5.46. The van der Waals surface area contributed by atoms with Crippen LogP contribution in [0.25, 0.3) is 0 Å². The van der Waals surface area contributed by atoms with Crippen LogP contribution in [0.1, 0.15) is 25.0 Å². The van der Waals surface area contributed by atoms with Crippen LogP contribution < -0.4 is 19.1 Å². The van der Waals surface area contributed by atoms with Crippen LogP contribution in [0.15, 0.2) is 72.8 Å². The third-order valence-electron chi connectivity index (χ3n) is 6.53. The largest absolute Gasteiger partial charge is 0.493 e. The first-order chi connectivity index (χ1) is 19.9. The van der Waals surface area contributed by atoms with Crippen molar-refractivity contribution in [3.8, 4) is 11.5 Å². The van der Waals surface area contributed by atoms with E-state index in [2.05, 4.69) is 5.32 Å². The molecular weight excluding hydrogens is 578 g/mol. The Labute approximate surface area is 253 Å². The van der Waals surface area contributed by atoms with E-state index >= 15 is 0 Å². The van der Waals surface area contributed by atoms with Crippen LogP contribution in [0.2, 0.25) is 5.02 Å². The van der Waals surface area contributed by atoms with Crippen molar-refractivity contribution in [2.24, 2.45) is 5.92 Å². The van der Waals surface area contributed by atoms with Gasteiger partial charge in [-0.2, -0.15) is 0 Å². The summed E-state index contributed by atoms with van der Waals surface area (Å²) in [7, 11) is -1.02. The monoisotopic (exact) mass is 615 g/mol. The third kappa shape index (κ3) is 9.12. The Kier molecular flexibility index (Phi) is 11.6. The molecule has 0 aliphatic carbocycles. The number of nitrogens with one attached hydrogen (secondary N) is 1. The average molecular weight is 616 g/mol. The molecule has 0 spiro atoms. The van der Waals surface area contributed by atoms with Gasteiger partial charge in [0.15, 0.2) is 11.5 Å². The number of benzene rings is 3. The van der Waals surface area contributed by atoms with Gasteiger partial charge < -0.3 is 19.7 Å². The lowest BCUT2D eigenvalue weighted by molar-refractivity contribution is -0.140. The molecular formula is C31H38ClN3O6S. The summed E-state index contributed by atoms with van der Waals surface area (Å²) < 4.78 is 37.6. The number of carbonyl (C=O) groups excluding carboxylic acids is 2. The number of sulfonamides is 1. The minimum absolute atomic E-state index is 0.0372. The molecule has 0 aliphatic rings. The Balaban J connectivity index is 2.07. The van der Waals surface area contributed by atoms with Crippen LogP contribution in [0.5, 0.6) is 11.5 Å². The second-order valence-corrected chi connectivity index (χ2v) is 12.6. The number of anilines is 1. The van der Waals surface area contributed by atoms with Crippen LogP contribution in [-0.4, -0.2) is 64.7 Å². The number of carbonyl (C=O) groups is 2. The molecule has 0 saturated heterocycles. The first-order valence-corrected chi connectivity index (χ1v) is 15.7. The fraction of sp³-hybridized carbons (Fsp3) is 0.355. The number of rotatable bonds is 14. The highest BCUT2D eigenvalue weighted by Gasteiger charge is 2.33. The molecule has 1 atom stereocenters. The topological polar surface area (TPSA) is 105 Å². The molecule has 0 heterocycles. The molecule has 9 nitrogen and oxygen atoms in total. The fourth-order valence-electron chi connectivity index (χ4n) is 4.40. The number of hydrogen-bond donors (Lipinski definition) is 1. The lowest BCUT2D eigenvalue weighted by Crippen LogP contribution is -2.53. The predicted octanol–water partition coefficient (Wildman–Crippen LogP) is 4.54. The highest BCUT2D eigenvalue weighted by Crippen LogP contribution is 2.32. The summed E-state index contributed by atoms with van der Waals surface area (Å²) in [6.45, 7) is 3.88. The Hall–Kier alpha value is -3.76. The molecule has 226 valence electrons. The van der Waals surface area contributed by atoms with Crippen molar-refractivity contribution in [1.29, 1.82) is 0 Å². The van der Waals surface area contributed by atoms with Gasteiger partial charge in [-0.1, -0.05) is 67.9 Å². The zero-order chi connectivity index (χ0) is 30.9. The van der Waals surface area contributed by atoms with E-state index in [0.717, 1.165) is 16.1 Å². The van der Waals surface area contributed by atoms with Crippen molar-refractivity contribution in [3.05, 3.63) is 88.9 Å². The van der Waals surface area contributed by atoms with Crippen molar-refractivity contribution < 1.29 is 27.5 Å². The van der Waals surface area contributed by atoms with Gasteiger partial charge in [0.05, 0.1) is 26.2 Å². The molecule has 0 bridgehead atoms. The van der Waals surface area contributed by atoms with Gasteiger partial charge in [-0.25, -0.2) is 8.42 Å². The van der Waals surface area contributed by atoms with Crippen LogP contribution in [0.4, 0.5) is 5.69 Å². The molecule has 0 aliphatic heterocycles. The van der Waals surface area contributed by atoms with Gasteiger partial charge in [0.1, 0.15) is 12.6 Å². The molecule has 3 aromatic rings. The molecule has 0 fully saturated rings. The molecule has 0 radical (unpaired) electrons. The van der Waals surface area contributed by atoms with E-state index < -0.39 is 28.5 Å². The SMILES string of the molecule is COc1ccc(N(CC(=O)N(Cc2cccc(Cl)c2)C(Cc2ccccc2)C(=O)NCC(C)C)S(C)(=O)=O)cc1OC. The summed E-state index contributed by atoms with van der Waals surface area (Å²) in [6, 6.07) is 20.0. The zero-order valence-electron chi connectivity index (χ0n) is 24.5. The smallest absolute Gasteiger partial charge is 0.244 e. The number of hydrogen-bond acceptors (Lipinski definition) is 6. The van der Waals surface area contributed by atoms with Crippen LogP contribution >= 0.6 is 11.6 Å². The van der Waals surface area contributed by atoms with Gasteiger partial charge >= 0.3 is 0 Å². The first-order valence-electron chi connectivity index (χ1n) is 13.5. The summed E-state index contributed by atoms with van der Waals surface area (Å²) in [6.07, 6.45) is 1.25. The minimum atomic E-state index is -3.93. The van der Waals surface area contributed by atoms with Gasteiger partial charge in [0, 0.05) is 30.6 Å². The maximum atomic E-state index is 14.2. The predicted molar refractivity (Wildman–Crippen MR) is 166 cm³/mol. The summed E-state index contributed by atoms with van der Waals surface area (Å²) in [5.41, 5.74) is 1.77. The van der Waals surface area contributed by atoms with Crippen molar-refractivity contribution >= 4 is 39.1 Å². The third-order valence-corrected chi connectivity index (χ3v) is 7.91. The minimum Gasteiger partial charge on any atom is -0.493 e. The van der Waals surface area contributed by atoms with E-state index in [9.17, 15) is 18.0 Å². The van der Waals surface area contributed by atoms with Gasteiger partial charge in [0.25, 0.3) is 0 Å². The molecule has 0 saturated carbocycles. The Bertz CT molecular complexity index is 1470. The van der Waals surface area contributed by atoms with Crippen LogP contribution in [0.3, 0.4) is 0 Å². The quantitative estimate of drug-likeness (QED) is 0.286. The summed E-state index contributed by atoms with van der Waals surface area (Å²) in [5.74, 6) is 0.0141. The molecule has 11 heteroatoms. The van der Waals surface area contributed by atoms with Gasteiger partial charge in [-0.15, -0.1) is 0 Å². The number of methoxy groups -OCH3 is 2. The maximum absolute atomic E-state index is 14.2. The Morgan fingerprint density at radius 2 is 1.57 bits per heavy atom. The van der Waals surface area contributed by atoms with Crippen LogP contribution in [-0.2, 0) is 32.6 Å². The Morgan fingerprint density at radius 1 is 0.905 bits per heavy atom. The number of ether oxygens (including phenoxy) is 2. The number of halogens is 1. The van der Waals surface area contributed by atoms with E-state index in [1.165, 1.54) is 31.3 Å². The molecule has 1 N–H and O–H groups in total. The summed E-state index contributed by atoms with van der Waals surface area (Å²) >= 11 is 6.25. The standard InChI is InChI=1S/C31H38ClN3O6S/c1-22(2)19-33-31(37)27(17-23-10-7-6-8-11-23)34(20-24-12-9-13-25(32)16-24)30(36)21-35(42(5,38)39)26-14-15-28(40-3)29(18-26)41-4/h6-16,18,22,27H,17,19-21H2,1-5H3,(H,33,37). The Morgan fingerprint density at radius 3 is 2.17 bits per heavy atom. The molecule has 3 aromatic carbocycles. The second kappa shape index (κ2) is 14.9. The van der Waals surface area contributed by atoms with E-state index in [1.807, 2.05) is 44.2 Å². The van der Waals surface area contributed by atoms with Crippen LogP contribution in [0, 0.1) is 5.92 Å². The number of amides is 2. The van der Waals surface area contributed by atoms with E-state index in [0.29, 0.717) is 28.6 Å². The molecule has 0 aromatic heterocycles. The highest BCUT2D eigenvalue weighted by molar-refractivity contribution is 7.92. The number of nitrogens with zero attached hydrogens (tertiary/aromatic N) is 2. The maximum Gasteiger partial charge on any atom is 0.244 e. The van der Waals surface area contributed by atoms with E-state index in [1.54, 1.807) is 30.3 Å². The van der Waals surface area contributed by atoms with Gasteiger partial charge in [-0.3, -0.25) is 13.9 Å². The van der Waals surface area contributed by atoms with Crippen molar-refractivity contribution in [1.82, 2.24) is 10.2 Å². The lowest BCUT2D eigenvalue weighted by atomic mass is 10.0. The summed E-state index contributed by atoms with van der Waals surface area (Å²) in [4.78, 5) is 29.3. The molecule has 42 heavy (non-hydrogen) atoms. The second-order valence-electron chi connectivity index (χ2n) is 10.3. The summed E-state index contributed by atoms with van der Waals surface area (Å²) in [5, 5.41) is 3.44. The first kappa shape index (κ1) is 32.8. The van der Waals surface area contributed by atoms with Crippen molar-refractivity contribution in [2.45, 2.75) is 32.9 Å². The van der Waals surface area contributed by atoms with Gasteiger partial charge in [0.2, 0.25) is 21.8 Å².